The van der Waals surface area contributed by atoms with E-state index in [1.807, 2.05) is 32.9 Å². The number of aromatic nitrogens is 2. The zero-order valence-corrected chi connectivity index (χ0v) is 14.3. The SMILES string of the molecule is Cc1cc(C)c(NC(=O)NCC(C)(O)c2cnn(C)c2)c(C)c1. The molecule has 2 rings (SSSR count). The van der Waals surface area contributed by atoms with Crippen molar-refractivity contribution >= 4 is 11.7 Å². The van der Waals surface area contributed by atoms with Gasteiger partial charge in [0, 0.05) is 24.5 Å². The van der Waals surface area contributed by atoms with E-state index >= 15 is 0 Å². The van der Waals surface area contributed by atoms with Gasteiger partial charge in [-0.2, -0.15) is 5.10 Å². The maximum Gasteiger partial charge on any atom is 0.319 e. The van der Waals surface area contributed by atoms with Gasteiger partial charge < -0.3 is 15.7 Å². The van der Waals surface area contributed by atoms with Gasteiger partial charge in [-0.15, -0.1) is 0 Å². The minimum absolute atomic E-state index is 0.0917. The quantitative estimate of drug-likeness (QED) is 0.810. The summed E-state index contributed by atoms with van der Waals surface area (Å²) in [6.45, 7) is 7.68. The van der Waals surface area contributed by atoms with E-state index < -0.39 is 5.60 Å². The van der Waals surface area contributed by atoms with Crippen LogP contribution >= 0.6 is 0 Å². The minimum atomic E-state index is -1.18. The van der Waals surface area contributed by atoms with Gasteiger partial charge in [0.2, 0.25) is 0 Å². The Bertz CT molecular complexity index is 696. The predicted octanol–water partition coefficient (Wildman–Crippen LogP) is 2.37. The van der Waals surface area contributed by atoms with Crippen LogP contribution in [0.3, 0.4) is 0 Å². The Morgan fingerprint density at radius 1 is 1.30 bits per heavy atom. The first-order valence-electron chi connectivity index (χ1n) is 7.53. The topological polar surface area (TPSA) is 79.2 Å². The molecular weight excluding hydrogens is 292 g/mol. The van der Waals surface area contributed by atoms with Crippen LogP contribution < -0.4 is 10.6 Å². The summed E-state index contributed by atoms with van der Waals surface area (Å²) in [6.07, 6.45) is 3.32. The van der Waals surface area contributed by atoms with Gasteiger partial charge in [-0.3, -0.25) is 4.68 Å². The van der Waals surface area contributed by atoms with E-state index in [1.54, 1.807) is 31.0 Å². The minimum Gasteiger partial charge on any atom is -0.383 e. The van der Waals surface area contributed by atoms with E-state index in [0.29, 0.717) is 5.56 Å². The summed E-state index contributed by atoms with van der Waals surface area (Å²) in [6, 6.07) is 3.70. The van der Waals surface area contributed by atoms with Gasteiger partial charge in [0.15, 0.2) is 0 Å². The molecule has 0 saturated heterocycles. The molecule has 3 N–H and O–H groups in total. The molecule has 1 atom stereocenters. The van der Waals surface area contributed by atoms with Crippen molar-refractivity contribution in [1.82, 2.24) is 15.1 Å². The molecule has 1 aromatic carbocycles. The zero-order valence-electron chi connectivity index (χ0n) is 14.3. The molecule has 2 aromatic rings. The number of anilines is 1. The third kappa shape index (κ3) is 4.10. The molecule has 2 amide bonds. The molecule has 23 heavy (non-hydrogen) atoms. The highest BCUT2D eigenvalue weighted by Crippen LogP contribution is 2.22. The van der Waals surface area contributed by atoms with Crippen molar-refractivity contribution in [3.63, 3.8) is 0 Å². The van der Waals surface area contributed by atoms with Gasteiger partial charge in [-0.25, -0.2) is 4.79 Å². The van der Waals surface area contributed by atoms with E-state index in [9.17, 15) is 9.90 Å². The van der Waals surface area contributed by atoms with Crippen LogP contribution in [0.2, 0.25) is 0 Å². The number of aryl methyl sites for hydroxylation is 4. The van der Waals surface area contributed by atoms with Crippen molar-refractivity contribution in [2.45, 2.75) is 33.3 Å². The molecule has 0 spiro atoms. The highest BCUT2D eigenvalue weighted by Gasteiger charge is 2.25. The average Bonchev–Trinajstić information content (AvgIpc) is 2.88. The Kier molecular flexibility index (Phi) is 4.75. The number of carbonyl (C=O) groups is 1. The maximum atomic E-state index is 12.1. The summed E-state index contributed by atoms with van der Waals surface area (Å²) in [5.41, 5.74) is 3.46. The van der Waals surface area contributed by atoms with Crippen LogP contribution in [0.1, 0.15) is 29.2 Å². The monoisotopic (exact) mass is 316 g/mol. The second-order valence-corrected chi connectivity index (χ2v) is 6.26. The van der Waals surface area contributed by atoms with Crippen molar-refractivity contribution in [2.75, 3.05) is 11.9 Å². The number of rotatable bonds is 4. The first-order valence-corrected chi connectivity index (χ1v) is 7.53. The fraction of sp³-hybridized carbons (Fsp3) is 0.412. The molecule has 0 bridgehead atoms. The van der Waals surface area contributed by atoms with Crippen molar-refractivity contribution in [1.29, 1.82) is 0 Å². The van der Waals surface area contributed by atoms with E-state index in [1.165, 1.54) is 0 Å². The van der Waals surface area contributed by atoms with Crippen LogP contribution in [-0.2, 0) is 12.6 Å². The van der Waals surface area contributed by atoms with Crippen LogP contribution in [0.5, 0.6) is 0 Å². The van der Waals surface area contributed by atoms with E-state index in [0.717, 1.165) is 22.4 Å². The molecule has 0 saturated carbocycles. The third-order valence-electron chi connectivity index (χ3n) is 3.84. The van der Waals surface area contributed by atoms with Crippen LogP contribution in [0.25, 0.3) is 0 Å². The highest BCUT2D eigenvalue weighted by molar-refractivity contribution is 5.91. The molecule has 1 aromatic heterocycles. The number of aliphatic hydroxyl groups is 1. The third-order valence-corrected chi connectivity index (χ3v) is 3.84. The van der Waals surface area contributed by atoms with Crippen molar-refractivity contribution in [3.05, 3.63) is 46.8 Å². The van der Waals surface area contributed by atoms with Gasteiger partial charge in [0.1, 0.15) is 5.60 Å². The molecule has 6 heteroatoms. The molecule has 1 unspecified atom stereocenters. The fourth-order valence-electron chi connectivity index (χ4n) is 2.59. The summed E-state index contributed by atoms with van der Waals surface area (Å²) in [4.78, 5) is 12.1. The van der Waals surface area contributed by atoms with Crippen molar-refractivity contribution in [2.24, 2.45) is 7.05 Å². The smallest absolute Gasteiger partial charge is 0.319 e. The lowest BCUT2D eigenvalue weighted by Gasteiger charge is -2.22. The average molecular weight is 316 g/mol. The first kappa shape index (κ1) is 17.0. The molecule has 6 nitrogen and oxygen atoms in total. The summed E-state index contributed by atoms with van der Waals surface area (Å²) in [7, 11) is 1.78. The Morgan fingerprint density at radius 3 is 2.43 bits per heavy atom. The Hall–Kier alpha value is -2.34. The van der Waals surface area contributed by atoms with Crippen LogP contribution in [0.15, 0.2) is 24.5 Å². The van der Waals surface area contributed by atoms with E-state index in [4.69, 9.17) is 0 Å². The second kappa shape index (κ2) is 6.42. The molecular formula is C17H24N4O2. The lowest BCUT2D eigenvalue weighted by molar-refractivity contribution is 0.0599. The van der Waals surface area contributed by atoms with Crippen LogP contribution in [0, 0.1) is 20.8 Å². The number of carbonyl (C=O) groups excluding carboxylic acids is 1. The number of amides is 2. The first-order chi connectivity index (χ1) is 10.7. The largest absolute Gasteiger partial charge is 0.383 e. The summed E-state index contributed by atoms with van der Waals surface area (Å²) < 4.78 is 1.61. The number of benzene rings is 1. The Labute approximate surface area is 136 Å². The molecule has 124 valence electrons. The Morgan fingerprint density at radius 2 is 1.91 bits per heavy atom. The zero-order chi connectivity index (χ0) is 17.2. The summed E-state index contributed by atoms with van der Waals surface area (Å²) in [5.74, 6) is 0. The molecule has 0 aliphatic carbocycles. The fourth-order valence-corrected chi connectivity index (χ4v) is 2.59. The molecule has 0 aliphatic rings. The van der Waals surface area contributed by atoms with Gasteiger partial charge in [-0.05, 0) is 38.8 Å². The van der Waals surface area contributed by atoms with Crippen LogP contribution in [0.4, 0.5) is 10.5 Å². The van der Waals surface area contributed by atoms with Crippen molar-refractivity contribution < 1.29 is 9.90 Å². The molecule has 0 fully saturated rings. The van der Waals surface area contributed by atoms with Crippen molar-refractivity contribution in [3.8, 4) is 0 Å². The number of hydrogen-bond acceptors (Lipinski definition) is 3. The number of urea groups is 1. The van der Waals surface area contributed by atoms with E-state index in [-0.39, 0.29) is 12.6 Å². The van der Waals surface area contributed by atoms with E-state index in [2.05, 4.69) is 15.7 Å². The number of hydrogen-bond donors (Lipinski definition) is 3. The Balaban J connectivity index is 2.01. The second-order valence-electron chi connectivity index (χ2n) is 6.26. The summed E-state index contributed by atoms with van der Waals surface area (Å²) in [5, 5.41) is 20.1. The molecule has 1 heterocycles. The maximum absolute atomic E-state index is 12.1. The van der Waals surface area contributed by atoms with Gasteiger partial charge in [0.05, 0.1) is 12.7 Å². The normalized spacial score (nSPS) is 13.5. The van der Waals surface area contributed by atoms with Crippen LogP contribution in [-0.4, -0.2) is 27.5 Å². The standard InChI is InChI=1S/C17H24N4O2/c1-11-6-12(2)15(13(3)7-11)20-16(22)18-10-17(4,23)14-8-19-21(5)9-14/h6-9,23H,10H2,1-5H3,(H2,18,20,22). The highest BCUT2D eigenvalue weighted by atomic mass is 16.3. The van der Waals surface area contributed by atoms with Gasteiger partial charge in [0.25, 0.3) is 0 Å². The number of nitrogens with one attached hydrogen (secondary N) is 2. The predicted molar refractivity (Wildman–Crippen MR) is 90.5 cm³/mol. The lowest BCUT2D eigenvalue weighted by Crippen LogP contribution is -2.40. The lowest BCUT2D eigenvalue weighted by atomic mass is 10.00. The van der Waals surface area contributed by atoms with Gasteiger partial charge >= 0.3 is 6.03 Å². The van der Waals surface area contributed by atoms with Gasteiger partial charge in [-0.1, -0.05) is 17.7 Å². The number of nitrogens with zero attached hydrogens (tertiary/aromatic N) is 2. The summed E-state index contributed by atoms with van der Waals surface area (Å²) >= 11 is 0. The molecule has 0 aliphatic heterocycles. The molecule has 0 radical (unpaired) electrons.